The molecule has 1 aromatic carbocycles. The third-order valence-corrected chi connectivity index (χ3v) is 4.58. The van der Waals surface area contributed by atoms with Crippen molar-refractivity contribution in [3.8, 4) is 0 Å². The molecule has 1 aliphatic heterocycles. The van der Waals surface area contributed by atoms with Crippen molar-refractivity contribution < 1.29 is 9.53 Å². The lowest BCUT2D eigenvalue weighted by atomic mass is 9.95. The molecule has 0 aromatic heterocycles. The van der Waals surface area contributed by atoms with Crippen molar-refractivity contribution in [3.05, 3.63) is 35.4 Å². The van der Waals surface area contributed by atoms with Crippen molar-refractivity contribution in [2.75, 3.05) is 26.3 Å². The summed E-state index contributed by atoms with van der Waals surface area (Å²) in [4.78, 5) is 14.4. The van der Waals surface area contributed by atoms with Gasteiger partial charge in [0.05, 0.1) is 13.2 Å². The van der Waals surface area contributed by atoms with Crippen molar-refractivity contribution in [1.82, 2.24) is 4.90 Å². The number of carbonyl (C=O) groups is 1. The fourth-order valence-corrected chi connectivity index (χ4v) is 2.97. The molecule has 0 radical (unpaired) electrons. The van der Waals surface area contributed by atoms with Gasteiger partial charge < -0.3 is 15.4 Å². The summed E-state index contributed by atoms with van der Waals surface area (Å²) in [6.45, 7) is 4.76. The van der Waals surface area contributed by atoms with Crippen molar-refractivity contribution in [3.63, 3.8) is 0 Å². The van der Waals surface area contributed by atoms with E-state index in [0.29, 0.717) is 13.2 Å². The topological polar surface area (TPSA) is 55.6 Å². The van der Waals surface area contributed by atoms with Crippen LogP contribution in [-0.2, 0) is 21.5 Å². The Kier molecular flexibility index (Phi) is 4.00. The number of hydrogen-bond acceptors (Lipinski definition) is 3. The quantitative estimate of drug-likeness (QED) is 0.917. The minimum atomic E-state index is -0.104. The van der Waals surface area contributed by atoms with Crippen LogP contribution in [0.2, 0.25) is 0 Å². The van der Waals surface area contributed by atoms with Gasteiger partial charge in [0.1, 0.15) is 0 Å². The molecule has 1 amide bonds. The average molecular weight is 288 g/mol. The highest BCUT2D eigenvalue weighted by molar-refractivity contribution is 5.78. The predicted molar refractivity (Wildman–Crippen MR) is 81.8 cm³/mol. The molecule has 1 aromatic rings. The molecule has 0 bridgehead atoms. The minimum Gasteiger partial charge on any atom is -0.378 e. The molecule has 1 heterocycles. The fraction of sp³-hybridized carbons (Fsp3) is 0.588. The van der Waals surface area contributed by atoms with E-state index in [2.05, 4.69) is 24.3 Å². The van der Waals surface area contributed by atoms with Gasteiger partial charge in [0.2, 0.25) is 5.91 Å². The van der Waals surface area contributed by atoms with Gasteiger partial charge >= 0.3 is 0 Å². The van der Waals surface area contributed by atoms with Gasteiger partial charge in [-0.2, -0.15) is 0 Å². The molecule has 2 N–H and O–H groups in total. The molecule has 1 saturated heterocycles. The molecule has 4 nitrogen and oxygen atoms in total. The normalized spacial score (nSPS) is 21.9. The van der Waals surface area contributed by atoms with Crippen molar-refractivity contribution in [2.45, 2.75) is 31.7 Å². The fourth-order valence-electron chi connectivity index (χ4n) is 2.97. The highest BCUT2D eigenvalue weighted by Crippen LogP contribution is 2.42. The first-order valence-corrected chi connectivity index (χ1v) is 7.83. The molecule has 114 valence electrons. The number of hydrogen-bond donors (Lipinski definition) is 1. The van der Waals surface area contributed by atoms with E-state index in [0.717, 1.165) is 32.4 Å². The zero-order valence-corrected chi connectivity index (χ0v) is 12.7. The molecule has 2 fully saturated rings. The van der Waals surface area contributed by atoms with E-state index < -0.39 is 0 Å². The largest absolute Gasteiger partial charge is 0.378 e. The van der Waals surface area contributed by atoms with E-state index in [4.69, 9.17) is 10.5 Å². The van der Waals surface area contributed by atoms with E-state index in [-0.39, 0.29) is 17.4 Å². The Morgan fingerprint density at radius 3 is 2.76 bits per heavy atom. The van der Waals surface area contributed by atoms with E-state index >= 15 is 0 Å². The zero-order chi connectivity index (χ0) is 14.9. The number of rotatable bonds is 4. The smallest absolute Gasteiger partial charge is 0.225 e. The van der Waals surface area contributed by atoms with Crippen LogP contribution in [0.15, 0.2) is 24.3 Å². The first-order valence-electron chi connectivity index (χ1n) is 7.83. The third-order valence-electron chi connectivity index (χ3n) is 4.58. The van der Waals surface area contributed by atoms with Gasteiger partial charge in [-0.05, 0) is 30.4 Å². The number of ether oxygens (including phenoxy) is 1. The molecule has 1 atom stereocenters. The molecule has 3 rings (SSSR count). The molecule has 2 aliphatic rings. The molecule has 1 unspecified atom stereocenters. The van der Waals surface area contributed by atoms with E-state index in [1.165, 1.54) is 11.1 Å². The van der Waals surface area contributed by atoms with Gasteiger partial charge in [-0.25, -0.2) is 0 Å². The third kappa shape index (κ3) is 3.27. The summed E-state index contributed by atoms with van der Waals surface area (Å²) in [5.74, 6) is 0.240. The second kappa shape index (κ2) is 5.78. The molecular formula is C17H24N2O2. The maximum Gasteiger partial charge on any atom is 0.225 e. The Balaban J connectivity index is 1.64. The van der Waals surface area contributed by atoms with Gasteiger partial charge in [-0.15, -0.1) is 0 Å². The number of nitrogens with two attached hydrogens (primary N) is 1. The van der Waals surface area contributed by atoms with Crippen LogP contribution in [0.5, 0.6) is 0 Å². The van der Waals surface area contributed by atoms with Crippen LogP contribution in [0.25, 0.3) is 0 Å². The van der Waals surface area contributed by atoms with Crippen LogP contribution >= 0.6 is 0 Å². The summed E-state index contributed by atoms with van der Waals surface area (Å²) in [6, 6.07) is 8.43. The van der Waals surface area contributed by atoms with E-state index in [1.807, 2.05) is 11.8 Å². The van der Waals surface area contributed by atoms with Crippen molar-refractivity contribution >= 4 is 5.91 Å². The average Bonchev–Trinajstić information content (AvgIpc) is 3.27. The molecule has 1 aliphatic carbocycles. The van der Waals surface area contributed by atoms with Crippen molar-refractivity contribution in [1.29, 1.82) is 0 Å². The SMILES string of the molecule is CC(Cc1cccc(C2(N)CC2)c1)C(=O)N1CCOCC1. The van der Waals surface area contributed by atoms with Gasteiger partial charge in [0, 0.05) is 24.5 Å². The van der Waals surface area contributed by atoms with Gasteiger partial charge in [0.25, 0.3) is 0 Å². The molecule has 1 saturated carbocycles. The van der Waals surface area contributed by atoms with Crippen molar-refractivity contribution in [2.24, 2.45) is 11.7 Å². The minimum absolute atomic E-state index is 0.00581. The molecule has 21 heavy (non-hydrogen) atoms. The standard InChI is InChI=1S/C17H24N2O2/c1-13(16(20)19-7-9-21-10-8-19)11-14-3-2-4-15(12-14)17(18)5-6-17/h2-4,12-13H,5-11,18H2,1H3. The van der Waals surface area contributed by atoms with Crippen LogP contribution in [0.4, 0.5) is 0 Å². The Hall–Kier alpha value is -1.39. The lowest BCUT2D eigenvalue weighted by Gasteiger charge is -2.29. The summed E-state index contributed by atoms with van der Waals surface area (Å²) in [5, 5.41) is 0. The second-order valence-electron chi connectivity index (χ2n) is 6.40. The lowest BCUT2D eigenvalue weighted by Crippen LogP contribution is -2.43. The van der Waals surface area contributed by atoms with E-state index in [9.17, 15) is 4.79 Å². The highest BCUT2D eigenvalue weighted by Gasteiger charge is 2.39. The van der Waals surface area contributed by atoms with Gasteiger partial charge in [0.15, 0.2) is 0 Å². The summed E-state index contributed by atoms with van der Waals surface area (Å²) >= 11 is 0. The molecular weight excluding hydrogens is 264 g/mol. The second-order valence-corrected chi connectivity index (χ2v) is 6.40. The Morgan fingerprint density at radius 1 is 1.38 bits per heavy atom. The van der Waals surface area contributed by atoms with Crippen LogP contribution in [0.1, 0.15) is 30.9 Å². The highest BCUT2D eigenvalue weighted by atomic mass is 16.5. The number of carbonyl (C=O) groups excluding carboxylic acids is 1. The first kappa shape index (κ1) is 14.5. The monoisotopic (exact) mass is 288 g/mol. The van der Waals surface area contributed by atoms with Crippen LogP contribution < -0.4 is 5.73 Å². The van der Waals surface area contributed by atoms with Gasteiger partial charge in [-0.3, -0.25) is 4.79 Å². The summed E-state index contributed by atoms with van der Waals surface area (Å²) in [6.07, 6.45) is 2.91. The maximum atomic E-state index is 12.4. The van der Waals surface area contributed by atoms with Crippen LogP contribution in [-0.4, -0.2) is 37.1 Å². The predicted octanol–water partition coefficient (Wildman–Crippen LogP) is 1.67. The van der Waals surface area contributed by atoms with Crippen LogP contribution in [0.3, 0.4) is 0 Å². The molecule has 4 heteroatoms. The Labute approximate surface area is 126 Å². The molecule has 0 spiro atoms. The summed E-state index contributed by atoms with van der Waals surface area (Å²) < 4.78 is 5.30. The zero-order valence-electron chi connectivity index (χ0n) is 12.7. The lowest BCUT2D eigenvalue weighted by molar-refractivity contribution is -0.139. The summed E-state index contributed by atoms with van der Waals surface area (Å²) in [7, 11) is 0. The number of benzene rings is 1. The van der Waals surface area contributed by atoms with Crippen LogP contribution in [0, 0.1) is 5.92 Å². The Morgan fingerprint density at radius 2 is 2.10 bits per heavy atom. The number of nitrogens with zero attached hydrogens (tertiary/aromatic N) is 1. The Bertz CT molecular complexity index is 519. The van der Waals surface area contributed by atoms with E-state index in [1.54, 1.807) is 0 Å². The number of amides is 1. The first-order chi connectivity index (χ1) is 10.1. The maximum absolute atomic E-state index is 12.4. The summed E-state index contributed by atoms with van der Waals surface area (Å²) in [5.41, 5.74) is 8.57. The van der Waals surface area contributed by atoms with Gasteiger partial charge in [-0.1, -0.05) is 31.2 Å². The number of morpholine rings is 1.